The quantitative estimate of drug-likeness (QED) is 0.351. The van der Waals surface area contributed by atoms with Crippen LogP contribution < -0.4 is 4.74 Å². The summed E-state index contributed by atoms with van der Waals surface area (Å²) in [6.07, 6.45) is 4.51. The Labute approximate surface area is 231 Å². The molecule has 0 spiro atoms. The van der Waals surface area contributed by atoms with Crippen LogP contribution in [0.2, 0.25) is 0 Å². The SMILES string of the molecule is CC1COC(C(=O)N2CCCCC2)(c2nc(-c3ccc(F)cc3)c(-c3ccnc(Oc4ccccc4)n3)[nH]2)OC1. The molecule has 2 aromatic heterocycles. The number of nitrogens with zero attached hydrogens (tertiary/aromatic N) is 4. The lowest BCUT2D eigenvalue weighted by Crippen LogP contribution is -2.55. The summed E-state index contributed by atoms with van der Waals surface area (Å²) >= 11 is 0. The van der Waals surface area contributed by atoms with Crippen molar-refractivity contribution in [3.63, 3.8) is 0 Å². The molecule has 206 valence electrons. The first-order valence-electron chi connectivity index (χ1n) is 13.5. The average molecular weight is 544 g/mol. The largest absolute Gasteiger partial charge is 0.424 e. The number of halogens is 1. The Morgan fingerprint density at radius 2 is 1.73 bits per heavy atom. The maximum atomic E-state index is 14.0. The van der Waals surface area contributed by atoms with Crippen LogP contribution in [0.4, 0.5) is 4.39 Å². The first kappa shape index (κ1) is 26.1. The van der Waals surface area contributed by atoms with Gasteiger partial charge in [0.2, 0.25) is 0 Å². The Morgan fingerprint density at radius 1 is 1.00 bits per heavy atom. The third-order valence-corrected chi connectivity index (χ3v) is 7.04. The average Bonchev–Trinajstić information content (AvgIpc) is 3.45. The molecule has 2 saturated heterocycles. The van der Waals surface area contributed by atoms with Crippen LogP contribution in [-0.4, -0.2) is 57.0 Å². The van der Waals surface area contributed by atoms with E-state index in [0.29, 0.717) is 54.7 Å². The van der Waals surface area contributed by atoms with Crippen LogP contribution in [0.25, 0.3) is 22.6 Å². The zero-order valence-electron chi connectivity index (χ0n) is 22.2. The van der Waals surface area contributed by atoms with E-state index in [9.17, 15) is 9.18 Å². The van der Waals surface area contributed by atoms with Crippen LogP contribution in [0.5, 0.6) is 11.8 Å². The van der Waals surface area contributed by atoms with Gasteiger partial charge in [0.15, 0.2) is 5.82 Å². The number of carbonyl (C=O) groups is 1. The molecular formula is C30H30FN5O4. The van der Waals surface area contributed by atoms with E-state index in [1.54, 1.807) is 29.3 Å². The second-order valence-corrected chi connectivity index (χ2v) is 10.2. The number of piperidine rings is 1. The van der Waals surface area contributed by atoms with Crippen LogP contribution in [0.3, 0.4) is 0 Å². The van der Waals surface area contributed by atoms with Gasteiger partial charge in [-0.05, 0) is 61.7 Å². The molecule has 10 heteroatoms. The van der Waals surface area contributed by atoms with Crippen molar-refractivity contribution in [3.05, 3.63) is 78.5 Å². The number of hydrogen-bond donors (Lipinski definition) is 1. The highest BCUT2D eigenvalue weighted by molar-refractivity contribution is 5.86. The van der Waals surface area contributed by atoms with Gasteiger partial charge in [-0.1, -0.05) is 25.1 Å². The Kier molecular flexibility index (Phi) is 7.27. The summed E-state index contributed by atoms with van der Waals surface area (Å²) in [5.41, 5.74) is 2.08. The summed E-state index contributed by atoms with van der Waals surface area (Å²) in [7, 11) is 0. The number of carbonyl (C=O) groups excluding carboxylic acids is 1. The van der Waals surface area contributed by atoms with E-state index in [1.807, 2.05) is 37.3 Å². The van der Waals surface area contributed by atoms with Gasteiger partial charge < -0.3 is 24.1 Å². The molecule has 2 aliphatic rings. The van der Waals surface area contributed by atoms with Crippen LogP contribution >= 0.6 is 0 Å². The van der Waals surface area contributed by atoms with Crippen molar-refractivity contribution >= 4 is 5.91 Å². The number of hydrogen-bond acceptors (Lipinski definition) is 7. The molecule has 40 heavy (non-hydrogen) atoms. The minimum Gasteiger partial charge on any atom is -0.424 e. The zero-order chi connectivity index (χ0) is 27.5. The molecule has 0 bridgehead atoms. The predicted molar refractivity (Wildman–Crippen MR) is 145 cm³/mol. The molecule has 0 atom stereocenters. The van der Waals surface area contributed by atoms with Crippen molar-refractivity contribution < 1.29 is 23.4 Å². The van der Waals surface area contributed by atoms with Crippen molar-refractivity contribution in [3.8, 4) is 34.4 Å². The Hall–Kier alpha value is -4.15. The number of rotatable bonds is 6. The summed E-state index contributed by atoms with van der Waals surface area (Å²) in [5, 5.41) is 0. The molecule has 9 nitrogen and oxygen atoms in total. The van der Waals surface area contributed by atoms with Gasteiger partial charge in [0.05, 0.1) is 30.3 Å². The fourth-order valence-electron chi connectivity index (χ4n) is 4.93. The number of H-pyrrole nitrogens is 1. The molecule has 2 aromatic carbocycles. The lowest BCUT2D eigenvalue weighted by molar-refractivity contribution is -0.283. The van der Waals surface area contributed by atoms with Crippen molar-refractivity contribution in [1.29, 1.82) is 0 Å². The standard InChI is InChI=1S/C30H30FN5O4/c1-20-18-38-30(39-19-20,28(37)36-16-6-3-7-17-36)27-34-25(21-10-12-22(31)13-11-21)26(35-27)24-14-15-32-29(33-24)40-23-8-4-2-5-9-23/h2,4-5,8-15,20H,3,6-7,16-19H2,1H3,(H,34,35). The first-order valence-corrected chi connectivity index (χ1v) is 13.5. The van der Waals surface area contributed by atoms with Gasteiger partial charge in [0, 0.05) is 30.8 Å². The van der Waals surface area contributed by atoms with Gasteiger partial charge in [-0.15, -0.1) is 0 Å². The van der Waals surface area contributed by atoms with Gasteiger partial charge in [-0.2, -0.15) is 4.98 Å². The predicted octanol–water partition coefficient (Wildman–Crippen LogP) is 5.31. The van der Waals surface area contributed by atoms with Crippen LogP contribution in [-0.2, 0) is 20.1 Å². The number of ether oxygens (including phenoxy) is 3. The minimum atomic E-state index is -1.73. The highest BCUT2D eigenvalue weighted by Crippen LogP contribution is 2.38. The Bertz CT molecular complexity index is 1460. The van der Waals surface area contributed by atoms with E-state index < -0.39 is 5.79 Å². The monoisotopic (exact) mass is 543 g/mol. The topological polar surface area (TPSA) is 102 Å². The maximum absolute atomic E-state index is 14.0. The van der Waals surface area contributed by atoms with Crippen LogP contribution in [0, 0.1) is 11.7 Å². The normalized spacial score (nSPS) is 21.2. The molecule has 0 aliphatic carbocycles. The molecule has 2 aliphatic heterocycles. The first-order chi connectivity index (χ1) is 19.5. The van der Waals surface area contributed by atoms with Gasteiger partial charge >= 0.3 is 11.8 Å². The molecule has 1 N–H and O–H groups in total. The van der Waals surface area contributed by atoms with Crippen molar-refractivity contribution in [1.82, 2.24) is 24.8 Å². The van der Waals surface area contributed by atoms with E-state index in [-0.39, 0.29) is 29.5 Å². The van der Waals surface area contributed by atoms with Crippen molar-refractivity contribution in [2.75, 3.05) is 26.3 Å². The van der Waals surface area contributed by atoms with Gasteiger partial charge in [-0.3, -0.25) is 4.79 Å². The van der Waals surface area contributed by atoms with E-state index in [2.05, 4.69) is 15.0 Å². The fraction of sp³-hybridized carbons (Fsp3) is 0.333. The number of likely N-dealkylation sites (tertiary alicyclic amines) is 1. The third kappa shape index (κ3) is 5.20. The third-order valence-electron chi connectivity index (χ3n) is 7.04. The Morgan fingerprint density at radius 3 is 2.45 bits per heavy atom. The van der Waals surface area contributed by atoms with Gasteiger partial charge in [0.25, 0.3) is 5.91 Å². The molecule has 0 saturated carbocycles. The number of imidazole rings is 1. The fourth-order valence-corrected chi connectivity index (χ4v) is 4.93. The number of aromatic nitrogens is 4. The molecule has 4 aromatic rings. The minimum absolute atomic E-state index is 0.118. The number of para-hydroxylation sites is 1. The highest BCUT2D eigenvalue weighted by atomic mass is 19.1. The van der Waals surface area contributed by atoms with E-state index in [1.165, 1.54) is 12.1 Å². The zero-order valence-corrected chi connectivity index (χ0v) is 22.2. The van der Waals surface area contributed by atoms with Gasteiger partial charge in [-0.25, -0.2) is 14.4 Å². The van der Waals surface area contributed by atoms with E-state index in [4.69, 9.17) is 19.2 Å². The molecule has 0 unspecified atom stereocenters. The second-order valence-electron chi connectivity index (χ2n) is 10.2. The molecule has 6 rings (SSSR count). The summed E-state index contributed by atoms with van der Waals surface area (Å²) in [6.45, 7) is 3.94. The van der Waals surface area contributed by atoms with Crippen LogP contribution in [0.1, 0.15) is 32.0 Å². The van der Waals surface area contributed by atoms with E-state index in [0.717, 1.165) is 19.3 Å². The lowest BCUT2D eigenvalue weighted by Gasteiger charge is -2.40. The van der Waals surface area contributed by atoms with Crippen LogP contribution in [0.15, 0.2) is 66.9 Å². The molecule has 1 amide bonds. The smallest absolute Gasteiger partial charge is 0.322 e. The summed E-state index contributed by atoms with van der Waals surface area (Å²) in [6, 6.07) is 17.1. The number of benzene rings is 2. The second kappa shape index (κ2) is 11.1. The number of aromatic amines is 1. The summed E-state index contributed by atoms with van der Waals surface area (Å²) < 4.78 is 32.1. The van der Waals surface area contributed by atoms with Crippen molar-refractivity contribution in [2.45, 2.75) is 32.0 Å². The van der Waals surface area contributed by atoms with E-state index >= 15 is 0 Å². The summed E-state index contributed by atoms with van der Waals surface area (Å²) in [4.78, 5) is 32.8. The van der Waals surface area contributed by atoms with Gasteiger partial charge in [0.1, 0.15) is 11.6 Å². The van der Waals surface area contributed by atoms with Crippen molar-refractivity contribution in [2.24, 2.45) is 5.92 Å². The maximum Gasteiger partial charge on any atom is 0.322 e. The Balaban J connectivity index is 1.45. The molecule has 2 fully saturated rings. The summed E-state index contributed by atoms with van der Waals surface area (Å²) in [5.74, 6) is -1.45. The lowest BCUT2D eigenvalue weighted by atomic mass is 10.1. The molecular weight excluding hydrogens is 513 g/mol. The molecule has 4 heterocycles. The highest BCUT2D eigenvalue weighted by Gasteiger charge is 2.51. The molecule has 0 radical (unpaired) electrons. The number of nitrogens with one attached hydrogen (secondary N) is 1. The number of amides is 1.